The highest BCUT2D eigenvalue weighted by molar-refractivity contribution is 5.96. The number of anilines is 1. The van der Waals surface area contributed by atoms with Crippen LogP contribution in [0.3, 0.4) is 0 Å². The Morgan fingerprint density at radius 1 is 0.944 bits per heavy atom. The van der Waals surface area contributed by atoms with Crippen molar-refractivity contribution in [2.24, 2.45) is 0 Å². The maximum atomic E-state index is 14.8. The fraction of sp³-hybridized carbons (Fsp3) is 0.415. The van der Waals surface area contributed by atoms with Crippen LogP contribution in [0.2, 0.25) is 0 Å². The van der Waals surface area contributed by atoms with E-state index in [2.05, 4.69) is 14.8 Å². The zero-order chi connectivity index (χ0) is 37.8. The highest BCUT2D eigenvalue weighted by atomic mass is 19.2. The van der Waals surface area contributed by atoms with Crippen LogP contribution in [0, 0.1) is 11.6 Å². The lowest BCUT2D eigenvalue weighted by Crippen LogP contribution is -2.50. The van der Waals surface area contributed by atoms with Crippen LogP contribution >= 0.6 is 0 Å². The quantitative estimate of drug-likeness (QED) is 0.138. The molecule has 1 atom stereocenters. The number of fused-ring (bicyclic) bond motifs is 1. The molecule has 0 bridgehead atoms. The van der Waals surface area contributed by atoms with E-state index in [1.54, 1.807) is 29.2 Å². The Labute approximate surface area is 313 Å². The number of aromatic nitrogens is 2. The number of likely N-dealkylation sites (tertiary alicyclic amines) is 2. The molecule has 1 unspecified atom stereocenters. The average molecular weight is 744 g/mol. The van der Waals surface area contributed by atoms with Gasteiger partial charge in [0.15, 0.2) is 23.1 Å². The molecule has 2 saturated heterocycles. The number of hydrogen-bond acceptors (Lipinski definition) is 9. The Hall–Kier alpha value is -5.14. The first-order chi connectivity index (χ1) is 26.2. The van der Waals surface area contributed by atoms with Crippen molar-refractivity contribution in [3.8, 4) is 17.2 Å². The predicted molar refractivity (Wildman–Crippen MR) is 200 cm³/mol. The fourth-order valence-corrected chi connectivity index (χ4v) is 8.05. The molecule has 0 radical (unpaired) electrons. The number of hydrogen-bond donors (Lipinski definition) is 2. The number of ether oxygens (including phenoxy) is 3. The lowest BCUT2D eigenvalue weighted by molar-refractivity contribution is 0.0606. The molecule has 7 rings (SSSR count). The lowest BCUT2D eigenvalue weighted by atomic mass is 9.71. The van der Waals surface area contributed by atoms with Gasteiger partial charge in [-0.25, -0.2) is 13.8 Å². The Balaban J connectivity index is 1.05. The first-order valence-electron chi connectivity index (χ1n) is 18.4. The third-order valence-corrected chi connectivity index (χ3v) is 11.0. The number of halogens is 2. The molecular weight excluding hydrogens is 696 g/mol. The van der Waals surface area contributed by atoms with E-state index < -0.39 is 17.0 Å². The summed E-state index contributed by atoms with van der Waals surface area (Å²) in [5.41, 5.74) is 2.39. The first kappa shape index (κ1) is 37.2. The zero-order valence-electron chi connectivity index (χ0n) is 30.9. The molecule has 2 aliphatic heterocycles. The molecule has 2 aliphatic rings. The van der Waals surface area contributed by atoms with Crippen molar-refractivity contribution in [3.63, 3.8) is 0 Å². The van der Waals surface area contributed by atoms with E-state index in [1.165, 1.54) is 33.5 Å². The minimum atomic E-state index is -0.891. The highest BCUT2D eigenvalue weighted by Crippen LogP contribution is 2.41. The molecule has 5 aromatic rings. The highest BCUT2D eigenvalue weighted by Gasteiger charge is 2.40. The van der Waals surface area contributed by atoms with Gasteiger partial charge in [-0.3, -0.25) is 4.79 Å². The number of imidazole rings is 1. The second-order valence-corrected chi connectivity index (χ2v) is 14.2. The molecular formula is C41H47F2N5O6. The summed E-state index contributed by atoms with van der Waals surface area (Å²) in [5.74, 6) is 1.22. The maximum absolute atomic E-state index is 14.8. The van der Waals surface area contributed by atoms with Gasteiger partial charge in [0, 0.05) is 43.2 Å². The van der Waals surface area contributed by atoms with Crippen LogP contribution in [0.15, 0.2) is 71.1 Å². The number of aliphatic hydroxyl groups excluding tert-OH is 1. The van der Waals surface area contributed by atoms with E-state index in [-0.39, 0.29) is 18.6 Å². The van der Waals surface area contributed by atoms with E-state index in [0.29, 0.717) is 66.6 Å². The van der Waals surface area contributed by atoms with Crippen LogP contribution < -0.4 is 19.5 Å². The number of nitrogens with zero attached hydrogens (tertiary/aromatic N) is 4. The second kappa shape index (κ2) is 16.1. The predicted octanol–water partition coefficient (Wildman–Crippen LogP) is 6.61. The van der Waals surface area contributed by atoms with Crippen LogP contribution in [-0.4, -0.2) is 90.5 Å². The fourth-order valence-electron chi connectivity index (χ4n) is 8.05. The van der Waals surface area contributed by atoms with Gasteiger partial charge in [-0.15, -0.1) is 0 Å². The van der Waals surface area contributed by atoms with Gasteiger partial charge in [-0.05, 0) is 92.7 Å². The summed E-state index contributed by atoms with van der Waals surface area (Å²) in [6.45, 7) is 3.65. The Bertz CT molecular complexity index is 2070. The number of methoxy groups -OCH3 is 3. The van der Waals surface area contributed by atoms with Crippen LogP contribution in [0.5, 0.6) is 17.2 Å². The first-order valence-corrected chi connectivity index (χ1v) is 18.4. The van der Waals surface area contributed by atoms with Crippen molar-refractivity contribution in [3.05, 3.63) is 101 Å². The van der Waals surface area contributed by atoms with Crippen molar-refractivity contribution in [1.82, 2.24) is 19.4 Å². The molecule has 286 valence electrons. The number of carbonyl (C=O) groups is 1. The molecule has 1 amide bonds. The van der Waals surface area contributed by atoms with Crippen LogP contribution in [0.1, 0.15) is 59.5 Å². The molecule has 0 aliphatic carbocycles. The molecule has 3 aromatic carbocycles. The number of carbonyl (C=O) groups excluding carboxylic acids is 1. The Kier molecular flexibility index (Phi) is 11.1. The van der Waals surface area contributed by atoms with Crippen LogP contribution in [-0.2, 0) is 18.6 Å². The largest absolute Gasteiger partial charge is 0.493 e. The Morgan fingerprint density at radius 2 is 1.69 bits per heavy atom. The van der Waals surface area contributed by atoms with E-state index in [9.17, 15) is 18.7 Å². The number of para-hydroxylation sites is 2. The van der Waals surface area contributed by atoms with Crippen molar-refractivity contribution < 1.29 is 37.3 Å². The zero-order valence-corrected chi connectivity index (χ0v) is 30.9. The molecule has 4 heterocycles. The van der Waals surface area contributed by atoms with Gasteiger partial charge >= 0.3 is 0 Å². The average Bonchev–Trinajstić information content (AvgIpc) is 3.81. The topological polar surface area (TPSA) is 114 Å². The van der Waals surface area contributed by atoms with E-state index in [0.717, 1.165) is 61.6 Å². The summed E-state index contributed by atoms with van der Waals surface area (Å²) in [7, 11) is 4.53. The van der Waals surface area contributed by atoms with E-state index in [4.69, 9.17) is 23.6 Å². The van der Waals surface area contributed by atoms with Crippen molar-refractivity contribution in [2.75, 3.05) is 59.4 Å². The third-order valence-electron chi connectivity index (χ3n) is 11.0. The molecule has 13 heteroatoms. The molecule has 2 aromatic heterocycles. The summed E-state index contributed by atoms with van der Waals surface area (Å²) in [5, 5.41) is 13.2. The van der Waals surface area contributed by atoms with Gasteiger partial charge in [0.05, 0.1) is 38.9 Å². The van der Waals surface area contributed by atoms with Crippen molar-refractivity contribution in [2.45, 2.75) is 56.7 Å². The number of furan rings is 1. The minimum Gasteiger partial charge on any atom is -0.493 e. The summed E-state index contributed by atoms with van der Waals surface area (Å²) >= 11 is 0. The van der Waals surface area contributed by atoms with Gasteiger partial charge in [0.2, 0.25) is 11.7 Å². The third kappa shape index (κ3) is 7.60. The van der Waals surface area contributed by atoms with Crippen molar-refractivity contribution >= 4 is 22.9 Å². The molecule has 0 spiro atoms. The standard InChI is InChI=1S/C41H47F2N5O6/c1-51-36-21-27(22-37(52-2)38(36)53-3)39(50)47-17-6-15-41(26-47,28-9-12-32(42)33(43)23-28)16-20-46-18-13-29(14-19-46)44-40-45-34-7-4-5-8-35(34)48(40)24-30-10-11-31(25-49)54-30/h4-5,7-12,21-23,29,49H,6,13-20,24-26H2,1-3H3,(H,44,45). The second-order valence-electron chi connectivity index (χ2n) is 14.2. The number of benzene rings is 3. The Morgan fingerprint density at radius 3 is 2.37 bits per heavy atom. The summed E-state index contributed by atoms with van der Waals surface area (Å²) in [6, 6.07) is 19.3. The summed E-state index contributed by atoms with van der Waals surface area (Å²) < 4.78 is 53.4. The van der Waals surface area contributed by atoms with E-state index >= 15 is 0 Å². The molecule has 54 heavy (non-hydrogen) atoms. The van der Waals surface area contributed by atoms with Gasteiger partial charge in [-0.1, -0.05) is 18.2 Å². The molecule has 0 saturated carbocycles. The van der Waals surface area contributed by atoms with Gasteiger partial charge in [0.1, 0.15) is 18.1 Å². The normalized spacial score (nSPS) is 18.2. The van der Waals surface area contributed by atoms with Gasteiger partial charge in [0.25, 0.3) is 5.91 Å². The summed E-state index contributed by atoms with van der Waals surface area (Å²) in [6.07, 6.45) is 3.90. The van der Waals surface area contributed by atoms with Gasteiger partial charge < -0.3 is 43.4 Å². The van der Waals surface area contributed by atoms with Gasteiger partial charge in [-0.2, -0.15) is 0 Å². The number of piperidine rings is 2. The van der Waals surface area contributed by atoms with Crippen LogP contribution in [0.25, 0.3) is 11.0 Å². The van der Waals surface area contributed by atoms with Crippen molar-refractivity contribution in [1.29, 1.82) is 0 Å². The van der Waals surface area contributed by atoms with E-state index in [1.807, 2.05) is 30.3 Å². The number of amides is 1. The summed E-state index contributed by atoms with van der Waals surface area (Å²) in [4.78, 5) is 23.2. The molecule has 2 fully saturated rings. The monoisotopic (exact) mass is 743 g/mol. The smallest absolute Gasteiger partial charge is 0.254 e. The number of aliphatic hydroxyl groups is 1. The molecule has 2 N–H and O–H groups in total. The molecule has 11 nitrogen and oxygen atoms in total. The number of nitrogens with one attached hydrogen (secondary N) is 1. The minimum absolute atomic E-state index is 0.151. The number of rotatable bonds is 13. The SMILES string of the molecule is COc1cc(C(=O)N2CCCC(CCN3CCC(Nc4nc5ccccc5n4Cc4ccc(CO)o4)CC3)(c3ccc(F)c(F)c3)C2)cc(OC)c1OC. The maximum Gasteiger partial charge on any atom is 0.254 e. The lowest BCUT2D eigenvalue weighted by Gasteiger charge is -2.45. The van der Waals surface area contributed by atoms with Crippen LogP contribution in [0.4, 0.5) is 14.7 Å².